The lowest BCUT2D eigenvalue weighted by Gasteiger charge is -2.61. The van der Waals surface area contributed by atoms with Crippen LogP contribution >= 0.6 is 0 Å². The summed E-state index contributed by atoms with van der Waals surface area (Å²) < 4.78 is 31.0. The zero-order valence-corrected chi connectivity index (χ0v) is 15.4. The van der Waals surface area contributed by atoms with Gasteiger partial charge in [0.2, 0.25) is 10.0 Å². The first-order valence-electron chi connectivity index (χ1n) is 8.79. The van der Waals surface area contributed by atoms with E-state index < -0.39 is 16.1 Å². The number of carbonyl (C=O) groups excluding carboxylic acids is 1. The molecule has 23 heavy (non-hydrogen) atoms. The number of nitrogens with zero attached hydrogens (tertiary/aromatic N) is 1. The van der Waals surface area contributed by atoms with Crippen molar-refractivity contribution >= 4 is 16.0 Å². The molecule has 0 aromatic heterocycles. The lowest BCUT2D eigenvalue weighted by atomic mass is 9.45. The van der Waals surface area contributed by atoms with Gasteiger partial charge in [-0.1, -0.05) is 20.8 Å². The minimum Gasteiger partial charge on any atom is -0.461 e. The van der Waals surface area contributed by atoms with Crippen molar-refractivity contribution in [2.45, 2.75) is 65.0 Å². The molecule has 0 spiro atoms. The monoisotopic (exact) mass is 343 g/mol. The summed E-state index contributed by atoms with van der Waals surface area (Å²) in [6.45, 7) is 7.23. The molecule has 1 saturated heterocycles. The second-order valence-corrected chi connectivity index (χ2v) is 10.3. The highest BCUT2D eigenvalue weighted by atomic mass is 32.2. The van der Waals surface area contributed by atoms with Crippen LogP contribution in [0, 0.1) is 23.2 Å². The third-order valence-electron chi connectivity index (χ3n) is 6.70. The van der Waals surface area contributed by atoms with Gasteiger partial charge >= 0.3 is 5.97 Å². The number of hydrogen-bond acceptors (Lipinski definition) is 4. The van der Waals surface area contributed by atoms with E-state index in [9.17, 15) is 13.2 Å². The average Bonchev–Trinajstić information content (AvgIpc) is 2.47. The van der Waals surface area contributed by atoms with Crippen LogP contribution in [0.1, 0.15) is 52.9 Å². The van der Waals surface area contributed by atoms with E-state index >= 15 is 0 Å². The molecule has 4 fully saturated rings. The van der Waals surface area contributed by atoms with Crippen LogP contribution in [0.5, 0.6) is 0 Å². The second kappa shape index (κ2) is 5.73. The van der Waals surface area contributed by atoms with Crippen LogP contribution in [-0.2, 0) is 19.6 Å². The van der Waals surface area contributed by atoms with Crippen LogP contribution in [0.15, 0.2) is 0 Å². The minimum atomic E-state index is -3.36. The lowest BCUT2D eigenvalue weighted by molar-refractivity contribution is -0.189. The van der Waals surface area contributed by atoms with E-state index in [-0.39, 0.29) is 12.1 Å². The quantitative estimate of drug-likeness (QED) is 0.738. The highest BCUT2D eigenvalue weighted by Gasteiger charge is 2.57. The Kier molecular flexibility index (Phi) is 4.28. The van der Waals surface area contributed by atoms with Gasteiger partial charge in [-0.25, -0.2) is 8.42 Å². The standard InChI is InChI=1S/C17H29NO4S/c1-11-13-9-12(17(13,2)3)10-15(11)22-16(19)14-7-5-6-8-18(14)23(4,20)21/h11-15H,5-10H2,1-4H3/t11-,12+,13+,14-,15+/m0/s1. The van der Waals surface area contributed by atoms with Crippen molar-refractivity contribution in [3.05, 3.63) is 0 Å². The molecule has 0 unspecified atom stereocenters. The largest absolute Gasteiger partial charge is 0.461 e. The Morgan fingerprint density at radius 3 is 2.48 bits per heavy atom. The SMILES string of the molecule is C[C@H]1[C@H]2C[C@H](C[C@H]1OC(=O)[C@@H]1CCCCN1S(C)(=O)=O)C2(C)C. The number of piperidine rings is 1. The summed E-state index contributed by atoms with van der Waals surface area (Å²) in [4.78, 5) is 12.6. The first kappa shape index (κ1) is 17.2. The molecule has 0 aromatic rings. The minimum absolute atomic E-state index is 0.0531. The Labute approximate surface area is 139 Å². The molecule has 3 aliphatic carbocycles. The summed E-state index contributed by atoms with van der Waals surface area (Å²) in [5, 5.41) is 0. The maximum absolute atomic E-state index is 12.6. The van der Waals surface area contributed by atoms with E-state index in [1.807, 2.05) is 0 Å². The normalized spacial score (nSPS) is 40.3. The fourth-order valence-corrected chi connectivity index (χ4v) is 6.14. The van der Waals surface area contributed by atoms with E-state index in [4.69, 9.17) is 4.74 Å². The molecule has 1 heterocycles. The third kappa shape index (κ3) is 2.93. The van der Waals surface area contributed by atoms with E-state index in [2.05, 4.69) is 20.8 Å². The molecule has 132 valence electrons. The maximum atomic E-state index is 12.6. The summed E-state index contributed by atoms with van der Waals surface area (Å²) in [5.74, 6) is 1.25. The number of sulfonamides is 1. The fraction of sp³-hybridized carbons (Fsp3) is 0.941. The van der Waals surface area contributed by atoms with Gasteiger partial charge < -0.3 is 4.74 Å². The van der Waals surface area contributed by atoms with Gasteiger partial charge in [-0.3, -0.25) is 4.79 Å². The molecule has 3 saturated carbocycles. The molecule has 1 aliphatic heterocycles. The molecule has 0 N–H and O–H groups in total. The summed E-state index contributed by atoms with van der Waals surface area (Å²) in [6, 6.07) is -0.628. The van der Waals surface area contributed by atoms with E-state index in [1.165, 1.54) is 17.0 Å². The molecule has 0 aromatic carbocycles. The fourth-order valence-electron chi connectivity index (χ4n) is 5.02. The van der Waals surface area contributed by atoms with E-state index in [0.29, 0.717) is 36.1 Å². The number of fused-ring (bicyclic) bond motifs is 2. The number of ether oxygens (including phenoxy) is 1. The smallest absolute Gasteiger partial charge is 0.324 e. The lowest BCUT2D eigenvalue weighted by Crippen LogP contribution is -2.58. The predicted octanol–water partition coefficient (Wildman–Crippen LogP) is 2.41. The number of rotatable bonds is 3. The predicted molar refractivity (Wildman–Crippen MR) is 88.2 cm³/mol. The van der Waals surface area contributed by atoms with Crippen LogP contribution in [-0.4, -0.2) is 43.6 Å². The maximum Gasteiger partial charge on any atom is 0.324 e. The van der Waals surface area contributed by atoms with Crippen molar-refractivity contribution in [1.29, 1.82) is 0 Å². The van der Waals surface area contributed by atoms with Crippen LogP contribution < -0.4 is 0 Å². The zero-order chi connectivity index (χ0) is 17.0. The first-order valence-corrected chi connectivity index (χ1v) is 10.6. The van der Waals surface area contributed by atoms with Crippen molar-refractivity contribution in [3.8, 4) is 0 Å². The molecule has 5 nitrogen and oxygen atoms in total. The van der Waals surface area contributed by atoms with E-state index in [1.54, 1.807) is 0 Å². The Balaban J connectivity index is 1.67. The summed E-state index contributed by atoms with van der Waals surface area (Å²) in [5.41, 5.74) is 0.353. The highest BCUT2D eigenvalue weighted by molar-refractivity contribution is 7.88. The van der Waals surface area contributed by atoms with Gasteiger partial charge in [-0.2, -0.15) is 4.31 Å². The Morgan fingerprint density at radius 2 is 1.91 bits per heavy atom. The second-order valence-electron chi connectivity index (χ2n) is 8.32. The summed E-state index contributed by atoms with van der Waals surface area (Å²) in [6.07, 6.45) is 5.55. The highest BCUT2D eigenvalue weighted by Crippen LogP contribution is 2.61. The van der Waals surface area contributed by atoms with Gasteiger partial charge in [0.1, 0.15) is 12.1 Å². The molecular formula is C17H29NO4S. The topological polar surface area (TPSA) is 63.7 Å². The van der Waals surface area contributed by atoms with Gasteiger partial charge in [0.15, 0.2) is 0 Å². The average molecular weight is 343 g/mol. The molecule has 0 amide bonds. The van der Waals surface area contributed by atoms with Crippen molar-refractivity contribution in [2.24, 2.45) is 23.2 Å². The zero-order valence-electron chi connectivity index (χ0n) is 14.6. The number of carbonyl (C=O) groups is 1. The molecule has 2 bridgehead atoms. The summed E-state index contributed by atoms with van der Waals surface area (Å²) >= 11 is 0. The van der Waals surface area contributed by atoms with Gasteiger partial charge in [0.05, 0.1) is 6.26 Å². The Hall–Kier alpha value is -0.620. The first-order chi connectivity index (χ1) is 10.6. The molecule has 5 atom stereocenters. The molecule has 6 heteroatoms. The third-order valence-corrected chi connectivity index (χ3v) is 7.99. The van der Waals surface area contributed by atoms with Crippen molar-refractivity contribution in [1.82, 2.24) is 4.31 Å². The van der Waals surface area contributed by atoms with Gasteiger partial charge in [0, 0.05) is 6.54 Å². The summed E-state index contributed by atoms with van der Waals surface area (Å²) in [7, 11) is -3.36. The van der Waals surface area contributed by atoms with Crippen LogP contribution in [0.4, 0.5) is 0 Å². The molecule has 4 rings (SSSR count). The van der Waals surface area contributed by atoms with Gasteiger partial charge in [0.25, 0.3) is 0 Å². The Bertz CT molecular complexity index is 585. The van der Waals surface area contributed by atoms with Crippen LogP contribution in [0.2, 0.25) is 0 Å². The van der Waals surface area contributed by atoms with E-state index in [0.717, 1.165) is 19.3 Å². The Morgan fingerprint density at radius 1 is 1.22 bits per heavy atom. The molecular weight excluding hydrogens is 314 g/mol. The van der Waals surface area contributed by atoms with Crippen LogP contribution in [0.25, 0.3) is 0 Å². The van der Waals surface area contributed by atoms with Crippen molar-refractivity contribution in [3.63, 3.8) is 0 Å². The molecule has 0 radical (unpaired) electrons. The van der Waals surface area contributed by atoms with Crippen molar-refractivity contribution < 1.29 is 17.9 Å². The van der Waals surface area contributed by atoms with Crippen LogP contribution in [0.3, 0.4) is 0 Å². The number of esters is 1. The van der Waals surface area contributed by atoms with Crippen molar-refractivity contribution in [2.75, 3.05) is 12.8 Å². The molecule has 4 aliphatic rings. The number of hydrogen-bond donors (Lipinski definition) is 0. The van der Waals surface area contributed by atoms with Gasteiger partial charge in [-0.15, -0.1) is 0 Å². The van der Waals surface area contributed by atoms with Gasteiger partial charge in [-0.05, 0) is 55.3 Å².